The molecule has 0 spiro atoms. The molecule has 0 heterocycles. The van der Waals surface area contributed by atoms with Gasteiger partial charge in [-0.15, -0.1) is 0 Å². The van der Waals surface area contributed by atoms with E-state index in [0.29, 0.717) is 0 Å². The Kier molecular flexibility index (Phi) is 5.39. The maximum absolute atomic E-state index is 11.3. The molecule has 1 aromatic rings. The lowest BCUT2D eigenvalue weighted by Crippen LogP contribution is -2.21. The molecule has 0 aliphatic heterocycles. The van der Waals surface area contributed by atoms with Gasteiger partial charge >= 0.3 is 0 Å². The van der Waals surface area contributed by atoms with E-state index in [-0.39, 0.29) is 11.8 Å². The maximum Gasteiger partial charge on any atom is 0.224 e. The molecule has 0 fully saturated rings. The number of benzene rings is 1. The maximum atomic E-state index is 11.3. The molecule has 0 aliphatic rings. The Bertz CT molecular complexity index is 335. The van der Waals surface area contributed by atoms with Gasteiger partial charge in [0.25, 0.3) is 0 Å². The minimum atomic E-state index is -0.247. The van der Waals surface area contributed by atoms with Crippen LogP contribution >= 0.6 is 22.6 Å². The average Bonchev–Trinajstić information content (AvgIpc) is 2.25. The lowest BCUT2D eigenvalue weighted by atomic mass is 9.94. The van der Waals surface area contributed by atoms with Crippen LogP contribution in [0.4, 0.5) is 0 Å². The lowest BCUT2D eigenvalue weighted by molar-refractivity contribution is -0.119. The average molecular weight is 315 g/mol. The number of rotatable bonds is 5. The second-order valence-corrected chi connectivity index (χ2v) is 4.02. The van der Waals surface area contributed by atoms with Crippen molar-refractivity contribution in [3.05, 3.63) is 46.1 Å². The van der Waals surface area contributed by atoms with Crippen molar-refractivity contribution in [1.29, 1.82) is 0 Å². The van der Waals surface area contributed by atoms with Gasteiger partial charge in [0.2, 0.25) is 5.91 Å². The van der Waals surface area contributed by atoms with Gasteiger partial charge in [-0.2, -0.15) is 0 Å². The van der Waals surface area contributed by atoms with Crippen molar-refractivity contribution in [2.75, 3.05) is 0 Å². The Balaban J connectivity index is 2.71. The smallest absolute Gasteiger partial charge is 0.224 e. The fourth-order valence-electron chi connectivity index (χ4n) is 1.48. The summed E-state index contributed by atoms with van der Waals surface area (Å²) in [6.07, 6.45) is 3.70. The fourth-order valence-corrected chi connectivity index (χ4v) is 1.84. The van der Waals surface area contributed by atoms with Crippen molar-refractivity contribution >= 4 is 28.5 Å². The quantitative estimate of drug-likeness (QED) is 0.834. The molecule has 0 radical (unpaired) electrons. The van der Waals surface area contributed by atoms with E-state index in [4.69, 9.17) is 5.73 Å². The summed E-state index contributed by atoms with van der Waals surface area (Å²) in [5, 5.41) is 0. The number of primary amides is 1. The molecule has 1 unspecified atom stereocenters. The summed E-state index contributed by atoms with van der Waals surface area (Å²) < 4.78 is 1.96. The summed E-state index contributed by atoms with van der Waals surface area (Å²) in [5.74, 6) is -0.415. The summed E-state index contributed by atoms with van der Waals surface area (Å²) >= 11 is 2.17. The minimum absolute atomic E-state index is 0.168. The van der Waals surface area contributed by atoms with E-state index in [1.807, 2.05) is 40.5 Å². The molecule has 80 valence electrons. The molecule has 0 aromatic heterocycles. The number of amides is 1. The standard InChI is InChI=1S/C12H14INO/c13-9-5-4-8-11(12(14)15)10-6-2-1-3-7-10/h1-3,5-7,9,11H,4,8H2,(H2,14,15)/b9-5-. The number of carbonyl (C=O) groups is 1. The fraction of sp³-hybridized carbons (Fsp3) is 0.250. The number of hydrogen-bond acceptors (Lipinski definition) is 1. The highest BCUT2D eigenvalue weighted by Gasteiger charge is 2.15. The van der Waals surface area contributed by atoms with Crippen molar-refractivity contribution in [2.45, 2.75) is 18.8 Å². The van der Waals surface area contributed by atoms with Crippen molar-refractivity contribution in [3.63, 3.8) is 0 Å². The first-order chi connectivity index (χ1) is 7.25. The van der Waals surface area contributed by atoms with Crippen molar-refractivity contribution in [3.8, 4) is 0 Å². The largest absolute Gasteiger partial charge is 0.369 e. The zero-order chi connectivity index (χ0) is 11.1. The van der Waals surface area contributed by atoms with Crippen LogP contribution in [0.1, 0.15) is 24.3 Å². The first kappa shape index (κ1) is 12.2. The summed E-state index contributed by atoms with van der Waals surface area (Å²) in [6.45, 7) is 0. The molecule has 2 N–H and O–H groups in total. The van der Waals surface area contributed by atoms with Gasteiger partial charge in [0, 0.05) is 0 Å². The Hall–Kier alpha value is -0.840. The highest BCUT2D eigenvalue weighted by Crippen LogP contribution is 2.20. The van der Waals surface area contributed by atoms with Crippen LogP contribution < -0.4 is 5.73 Å². The van der Waals surface area contributed by atoms with Crippen LogP contribution in [0.15, 0.2) is 40.5 Å². The second kappa shape index (κ2) is 6.61. The Morgan fingerprint density at radius 2 is 2.07 bits per heavy atom. The first-order valence-electron chi connectivity index (χ1n) is 4.85. The van der Waals surface area contributed by atoms with Gasteiger partial charge in [-0.05, 0) is 22.5 Å². The molecule has 0 bridgehead atoms. The van der Waals surface area contributed by atoms with Gasteiger partial charge in [0.1, 0.15) is 0 Å². The number of carbonyl (C=O) groups excluding carboxylic acids is 1. The predicted octanol–water partition coefficient (Wildman–Crippen LogP) is 2.98. The Labute approximate surface area is 104 Å². The number of halogens is 1. The van der Waals surface area contributed by atoms with Crippen molar-refractivity contribution < 1.29 is 4.79 Å². The van der Waals surface area contributed by atoms with Gasteiger partial charge < -0.3 is 5.73 Å². The van der Waals surface area contributed by atoms with Crippen molar-refractivity contribution in [1.82, 2.24) is 0 Å². The molecule has 1 amide bonds. The highest BCUT2D eigenvalue weighted by atomic mass is 127. The molecule has 1 atom stereocenters. The van der Waals surface area contributed by atoms with Crippen LogP contribution in [0.5, 0.6) is 0 Å². The Morgan fingerprint density at radius 3 is 2.60 bits per heavy atom. The number of nitrogens with two attached hydrogens (primary N) is 1. The van der Waals surface area contributed by atoms with Crippen LogP contribution in [0, 0.1) is 0 Å². The van der Waals surface area contributed by atoms with Crippen LogP contribution in [0.3, 0.4) is 0 Å². The topological polar surface area (TPSA) is 43.1 Å². The van der Waals surface area contributed by atoms with E-state index >= 15 is 0 Å². The zero-order valence-electron chi connectivity index (χ0n) is 8.40. The normalized spacial score (nSPS) is 12.9. The molecular formula is C12H14INO. The third kappa shape index (κ3) is 4.03. The first-order valence-corrected chi connectivity index (χ1v) is 6.09. The summed E-state index contributed by atoms with van der Waals surface area (Å²) in [4.78, 5) is 11.3. The SMILES string of the molecule is NC(=O)C(CC/C=C\I)c1ccccc1. The van der Waals surface area contributed by atoms with E-state index < -0.39 is 0 Å². The second-order valence-electron chi connectivity index (χ2n) is 3.30. The molecule has 0 aliphatic carbocycles. The van der Waals surface area contributed by atoms with E-state index in [0.717, 1.165) is 18.4 Å². The van der Waals surface area contributed by atoms with Crippen LogP contribution in [0.2, 0.25) is 0 Å². The molecule has 15 heavy (non-hydrogen) atoms. The Morgan fingerprint density at radius 1 is 1.40 bits per heavy atom. The van der Waals surface area contributed by atoms with E-state index in [1.54, 1.807) is 0 Å². The summed E-state index contributed by atoms with van der Waals surface area (Å²) in [7, 11) is 0. The van der Waals surface area contributed by atoms with Gasteiger partial charge in [-0.1, -0.05) is 59.0 Å². The number of hydrogen-bond donors (Lipinski definition) is 1. The molecule has 1 rings (SSSR count). The molecule has 0 saturated heterocycles. The zero-order valence-corrected chi connectivity index (χ0v) is 10.6. The lowest BCUT2D eigenvalue weighted by Gasteiger charge is -2.12. The van der Waals surface area contributed by atoms with Gasteiger partial charge in [0.05, 0.1) is 5.92 Å². The van der Waals surface area contributed by atoms with E-state index in [2.05, 4.69) is 22.6 Å². The number of allylic oxidation sites excluding steroid dienone is 1. The van der Waals surface area contributed by atoms with Crippen molar-refractivity contribution in [2.24, 2.45) is 5.73 Å². The van der Waals surface area contributed by atoms with Gasteiger partial charge in [-0.3, -0.25) is 4.79 Å². The third-order valence-corrected chi connectivity index (χ3v) is 2.77. The third-order valence-electron chi connectivity index (χ3n) is 2.26. The van der Waals surface area contributed by atoms with Crippen LogP contribution in [-0.2, 0) is 4.79 Å². The summed E-state index contributed by atoms with van der Waals surface area (Å²) in [5.41, 5.74) is 6.39. The molecule has 3 heteroatoms. The minimum Gasteiger partial charge on any atom is -0.369 e. The van der Waals surface area contributed by atoms with Crippen LogP contribution in [-0.4, -0.2) is 5.91 Å². The monoisotopic (exact) mass is 315 g/mol. The highest BCUT2D eigenvalue weighted by molar-refractivity contribution is 14.1. The van der Waals surface area contributed by atoms with Gasteiger partial charge in [0.15, 0.2) is 0 Å². The van der Waals surface area contributed by atoms with E-state index in [9.17, 15) is 4.79 Å². The van der Waals surface area contributed by atoms with Crippen LogP contribution in [0.25, 0.3) is 0 Å². The molecule has 2 nitrogen and oxygen atoms in total. The molecule has 1 aromatic carbocycles. The summed E-state index contributed by atoms with van der Waals surface area (Å²) in [6, 6.07) is 9.69. The molecule has 0 saturated carbocycles. The van der Waals surface area contributed by atoms with Gasteiger partial charge in [-0.25, -0.2) is 0 Å². The van der Waals surface area contributed by atoms with E-state index in [1.165, 1.54) is 0 Å². The predicted molar refractivity (Wildman–Crippen MR) is 70.8 cm³/mol. The molecular weight excluding hydrogens is 301 g/mol.